The van der Waals surface area contributed by atoms with Crippen molar-refractivity contribution in [1.82, 2.24) is 0 Å². The van der Waals surface area contributed by atoms with Crippen molar-refractivity contribution in [3.8, 4) is 0 Å². The lowest BCUT2D eigenvalue weighted by molar-refractivity contribution is -0.0816. The Morgan fingerprint density at radius 1 is 1.04 bits per heavy atom. The van der Waals surface area contributed by atoms with Gasteiger partial charge in [0.05, 0.1) is 17.0 Å². The van der Waals surface area contributed by atoms with Crippen LogP contribution >= 0.6 is 22.6 Å². The molecule has 0 radical (unpaired) electrons. The number of carbonyl (C=O) groups excluding carboxylic acids is 1. The lowest BCUT2D eigenvalue weighted by Gasteiger charge is -2.26. The van der Waals surface area contributed by atoms with E-state index >= 15 is 0 Å². The highest BCUT2D eigenvalue weighted by Gasteiger charge is 2.37. The highest BCUT2D eigenvalue weighted by Crippen LogP contribution is 2.26. The maximum atomic E-state index is 13.0. The van der Waals surface area contributed by atoms with Gasteiger partial charge in [0.2, 0.25) is 0 Å². The van der Waals surface area contributed by atoms with E-state index in [9.17, 15) is 18.0 Å². The molecule has 0 aliphatic carbocycles. The fourth-order valence-corrected chi connectivity index (χ4v) is 5.06. The molecule has 2 aromatic carbocycles. The second-order valence-electron chi connectivity index (χ2n) is 5.91. The summed E-state index contributed by atoms with van der Waals surface area (Å²) >= 11 is 1.95. The van der Waals surface area contributed by atoms with Gasteiger partial charge in [-0.2, -0.15) is 13.2 Å². The van der Waals surface area contributed by atoms with E-state index in [1.165, 1.54) is 6.07 Å². The zero-order valence-corrected chi connectivity index (χ0v) is 16.8. The molecule has 0 N–H and O–H groups in total. The summed E-state index contributed by atoms with van der Waals surface area (Å²) in [5.74, 6) is -0.781. The number of halogens is 4. The molecule has 0 heterocycles. The number of allylic oxidation sites excluding steroid dienone is 1. The minimum Gasteiger partial charge on any atom is -0.432 e. The number of rotatable bonds is 4. The number of alkyl halides is 3. The van der Waals surface area contributed by atoms with Gasteiger partial charge in [-0.15, -0.1) is 0 Å². The summed E-state index contributed by atoms with van der Waals surface area (Å²) < 4.78 is 45.0. The van der Waals surface area contributed by atoms with Gasteiger partial charge in [0.15, 0.2) is 8.07 Å². The molecule has 132 valence electrons. The second-order valence-corrected chi connectivity index (χ2v) is 11.4. The summed E-state index contributed by atoms with van der Waals surface area (Å²) in [7, 11) is -2.84. The average molecular weight is 476 g/mol. The second kappa shape index (κ2) is 7.73. The van der Waals surface area contributed by atoms with Gasteiger partial charge in [0.1, 0.15) is 0 Å². The van der Waals surface area contributed by atoms with E-state index in [-0.39, 0.29) is 17.0 Å². The summed E-state index contributed by atoms with van der Waals surface area (Å²) in [5.41, 5.74) is 0.244. The van der Waals surface area contributed by atoms with Crippen LogP contribution in [0.25, 0.3) is 0 Å². The lowest BCUT2D eigenvalue weighted by Crippen LogP contribution is -2.45. The van der Waals surface area contributed by atoms with Crippen molar-refractivity contribution < 1.29 is 22.7 Å². The molecule has 0 aliphatic heterocycles. The van der Waals surface area contributed by atoms with Gasteiger partial charge in [-0.1, -0.05) is 60.7 Å². The predicted octanol–water partition coefficient (Wildman–Crippen LogP) is 5.05. The lowest BCUT2D eigenvalue weighted by atomic mass is 10.2. The van der Waals surface area contributed by atoms with Crippen LogP contribution < -0.4 is 5.19 Å². The van der Waals surface area contributed by atoms with E-state index in [2.05, 4.69) is 0 Å². The number of benzene rings is 2. The predicted molar refractivity (Wildman–Crippen MR) is 102 cm³/mol. The number of esters is 1. The van der Waals surface area contributed by atoms with Gasteiger partial charge in [-0.3, -0.25) is 0 Å². The minimum atomic E-state index is -4.57. The molecule has 2 rings (SSSR count). The molecule has 7 heteroatoms. The van der Waals surface area contributed by atoms with E-state index in [0.717, 1.165) is 5.19 Å². The summed E-state index contributed by atoms with van der Waals surface area (Å²) in [6.45, 7) is 3.45. The van der Waals surface area contributed by atoms with Gasteiger partial charge in [0, 0.05) is 3.57 Å². The van der Waals surface area contributed by atoms with Crippen LogP contribution in [0.1, 0.15) is 10.4 Å². The third-order valence-corrected chi connectivity index (χ3v) is 7.90. The molecule has 0 aliphatic rings. The zero-order valence-electron chi connectivity index (χ0n) is 13.6. The molecule has 0 bridgehead atoms. The molecular formula is C18H16F3IO2Si. The van der Waals surface area contributed by atoms with Crippen molar-refractivity contribution in [2.24, 2.45) is 0 Å². The maximum Gasteiger partial charge on any atom is 0.412 e. The number of hydrogen-bond donors (Lipinski definition) is 0. The maximum absolute atomic E-state index is 13.0. The van der Waals surface area contributed by atoms with E-state index in [4.69, 9.17) is 4.74 Å². The molecule has 0 unspecified atom stereocenters. The molecule has 2 aromatic rings. The van der Waals surface area contributed by atoms with E-state index < -0.39 is 20.2 Å². The van der Waals surface area contributed by atoms with Crippen molar-refractivity contribution in [3.63, 3.8) is 0 Å². The first kappa shape index (κ1) is 19.7. The Hall–Kier alpha value is -1.61. The average Bonchev–Trinajstić information content (AvgIpc) is 2.54. The molecule has 0 saturated heterocycles. The Morgan fingerprint density at radius 3 is 2.16 bits per heavy atom. The zero-order chi connectivity index (χ0) is 18.7. The molecule has 0 fully saturated rings. The summed E-state index contributed by atoms with van der Waals surface area (Å²) in [6.07, 6.45) is -4.46. The molecular weight excluding hydrogens is 460 g/mol. The minimum absolute atomic E-state index is 0.111. The van der Waals surface area contributed by atoms with Crippen molar-refractivity contribution in [3.05, 3.63) is 75.2 Å². The Morgan fingerprint density at radius 2 is 1.60 bits per heavy atom. The van der Waals surface area contributed by atoms with Crippen LogP contribution in [-0.2, 0) is 4.74 Å². The van der Waals surface area contributed by atoms with Crippen LogP contribution in [0, 0.1) is 3.57 Å². The first-order valence-corrected chi connectivity index (χ1v) is 11.5. The normalized spacial score (nSPS) is 12.8. The quantitative estimate of drug-likeness (QED) is 0.267. The van der Waals surface area contributed by atoms with Crippen molar-refractivity contribution >= 4 is 41.8 Å². The van der Waals surface area contributed by atoms with E-state index in [1.54, 1.807) is 61.6 Å². The molecule has 0 amide bonds. The van der Waals surface area contributed by atoms with Gasteiger partial charge in [-0.25, -0.2) is 4.79 Å². The SMILES string of the molecule is C[Si](C)(/C(=C\C(F)(F)F)OC(=O)c1ccccc1I)c1ccccc1. The number of ether oxygens (including phenoxy) is 1. The van der Waals surface area contributed by atoms with Crippen LogP contribution in [0.4, 0.5) is 13.2 Å². The van der Waals surface area contributed by atoms with Gasteiger partial charge < -0.3 is 4.74 Å². The van der Waals surface area contributed by atoms with E-state index in [0.29, 0.717) is 3.57 Å². The fraction of sp³-hybridized carbons (Fsp3) is 0.167. The standard InChI is InChI=1S/C18H16F3IO2Si/c1-25(2,13-8-4-3-5-9-13)16(12-18(19,20)21)24-17(23)14-10-6-7-11-15(14)22/h3-12H,1-2H3/b16-12-. The fourth-order valence-electron chi connectivity index (χ4n) is 2.26. The first-order chi connectivity index (χ1) is 11.6. The Balaban J connectivity index is 2.43. The van der Waals surface area contributed by atoms with Crippen molar-refractivity contribution in [2.45, 2.75) is 19.3 Å². The summed E-state index contributed by atoms with van der Waals surface area (Å²) in [6, 6.07) is 15.5. The van der Waals surface area contributed by atoms with Crippen molar-refractivity contribution in [2.75, 3.05) is 0 Å². The van der Waals surface area contributed by atoms with Gasteiger partial charge >= 0.3 is 12.1 Å². The molecule has 0 saturated carbocycles. The molecule has 25 heavy (non-hydrogen) atoms. The molecule has 0 spiro atoms. The van der Waals surface area contributed by atoms with Crippen LogP contribution in [0.2, 0.25) is 13.1 Å². The highest BCUT2D eigenvalue weighted by molar-refractivity contribution is 14.1. The van der Waals surface area contributed by atoms with Crippen LogP contribution in [0.5, 0.6) is 0 Å². The van der Waals surface area contributed by atoms with Gasteiger partial charge in [-0.05, 0) is 34.7 Å². The first-order valence-electron chi connectivity index (χ1n) is 7.43. The Kier molecular flexibility index (Phi) is 6.10. The molecule has 2 nitrogen and oxygen atoms in total. The Labute approximate surface area is 158 Å². The topological polar surface area (TPSA) is 26.3 Å². The third-order valence-electron chi connectivity index (χ3n) is 3.70. The summed E-state index contributed by atoms with van der Waals surface area (Å²) in [5, 5.41) is 0.442. The van der Waals surface area contributed by atoms with Crippen LogP contribution in [0.3, 0.4) is 0 Å². The Bertz CT molecular complexity index is 786. The molecule has 0 atom stereocenters. The van der Waals surface area contributed by atoms with Crippen LogP contribution in [0.15, 0.2) is 66.1 Å². The van der Waals surface area contributed by atoms with E-state index in [1.807, 2.05) is 22.6 Å². The third kappa shape index (κ3) is 5.18. The smallest absolute Gasteiger partial charge is 0.412 e. The largest absolute Gasteiger partial charge is 0.432 e. The number of carbonyl (C=O) groups is 1. The number of hydrogen-bond acceptors (Lipinski definition) is 2. The summed E-state index contributed by atoms with van der Waals surface area (Å²) in [4.78, 5) is 12.4. The highest BCUT2D eigenvalue weighted by atomic mass is 127. The monoisotopic (exact) mass is 476 g/mol. The molecule has 0 aromatic heterocycles. The van der Waals surface area contributed by atoms with Crippen LogP contribution in [-0.4, -0.2) is 20.2 Å². The van der Waals surface area contributed by atoms with Gasteiger partial charge in [0.25, 0.3) is 0 Å². The van der Waals surface area contributed by atoms with Crippen molar-refractivity contribution in [1.29, 1.82) is 0 Å².